The van der Waals surface area contributed by atoms with Crippen LogP contribution >= 0.6 is 23.8 Å². The Morgan fingerprint density at radius 2 is 2.20 bits per heavy atom. The maximum absolute atomic E-state index is 11.5. The van der Waals surface area contributed by atoms with E-state index in [0.717, 1.165) is 32.6 Å². The van der Waals surface area contributed by atoms with Crippen LogP contribution < -0.4 is 16.2 Å². The smallest absolute Gasteiger partial charge is 0.271 e. The van der Waals surface area contributed by atoms with Crippen LogP contribution in [-0.2, 0) is 0 Å². The molecule has 0 radical (unpaired) electrons. The molecule has 20 heavy (non-hydrogen) atoms. The molecule has 0 aliphatic carbocycles. The van der Waals surface area contributed by atoms with Crippen LogP contribution in [0.25, 0.3) is 0 Å². The molecule has 2 rings (SSSR count). The van der Waals surface area contributed by atoms with Crippen LogP contribution in [0, 0.1) is 0 Å². The van der Waals surface area contributed by atoms with Gasteiger partial charge in [-0.3, -0.25) is 9.69 Å². The number of aromatic nitrogens is 2. The molecule has 1 aromatic heterocycles. The van der Waals surface area contributed by atoms with Gasteiger partial charge in [-0.25, -0.2) is 4.98 Å². The van der Waals surface area contributed by atoms with E-state index in [9.17, 15) is 4.79 Å². The number of H-pyrrole nitrogens is 1. The maximum atomic E-state index is 11.5. The Balaban J connectivity index is 2.06. The van der Waals surface area contributed by atoms with Gasteiger partial charge in [0.1, 0.15) is 5.02 Å². The summed E-state index contributed by atoms with van der Waals surface area (Å²) in [6, 6.07) is 0.134. The second-order valence-corrected chi connectivity index (χ2v) is 5.57. The van der Waals surface area contributed by atoms with Crippen molar-refractivity contribution in [3.05, 3.63) is 21.7 Å². The molecule has 0 spiro atoms. The molecule has 1 aromatic rings. The average Bonchev–Trinajstić information content (AvgIpc) is 2.43. The number of hydrogen-bond donors (Lipinski definition) is 2. The van der Waals surface area contributed by atoms with Crippen LogP contribution in [0.1, 0.15) is 13.3 Å². The molecule has 0 saturated carbocycles. The van der Waals surface area contributed by atoms with Gasteiger partial charge < -0.3 is 15.6 Å². The van der Waals surface area contributed by atoms with E-state index in [1.54, 1.807) is 0 Å². The largest absolute Gasteiger partial charge is 0.392 e. The first-order valence-electron chi connectivity index (χ1n) is 6.56. The molecule has 1 aliphatic rings. The van der Waals surface area contributed by atoms with Gasteiger partial charge in [0.2, 0.25) is 0 Å². The summed E-state index contributed by atoms with van der Waals surface area (Å²) in [5.74, 6) is 0.540. The predicted molar refractivity (Wildman–Crippen MR) is 84.5 cm³/mol. The molecular formula is C12H18ClN5OS. The minimum Gasteiger partial charge on any atom is -0.392 e. The number of anilines is 1. The number of nitrogens with one attached hydrogen (secondary N) is 1. The Bertz CT molecular complexity index is 541. The molecule has 1 fully saturated rings. The van der Waals surface area contributed by atoms with Gasteiger partial charge in [0.05, 0.1) is 17.4 Å². The predicted octanol–water partition coefficient (Wildman–Crippen LogP) is 0.610. The highest BCUT2D eigenvalue weighted by Crippen LogP contribution is 2.20. The Morgan fingerprint density at radius 3 is 2.75 bits per heavy atom. The van der Waals surface area contributed by atoms with Crippen molar-refractivity contribution < 1.29 is 0 Å². The zero-order valence-corrected chi connectivity index (χ0v) is 12.9. The lowest BCUT2D eigenvalue weighted by molar-refractivity contribution is 0.224. The van der Waals surface area contributed by atoms with Crippen LogP contribution in [0.2, 0.25) is 5.02 Å². The van der Waals surface area contributed by atoms with Gasteiger partial charge >= 0.3 is 0 Å². The first-order valence-corrected chi connectivity index (χ1v) is 7.34. The number of hydrogen-bond acceptors (Lipinski definition) is 5. The molecule has 1 atom stereocenters. The van der Waals surface area contributed by atoms with Crippen molar-refractivity contribution in [2.75, 3.05) is 31.1 Å². The molecule has 0 amide bonds. The van der Waals surface area contributed by atoms with E-state index in [0.29, 0.717) is 10.8 Å². The van der Waals surface area contributed by atoms with Gasteiger partial charge in [0, 0.05) is 26.2 Å². The summed E-state index contributed by atoms with van der Waals surface area (Å²) in [7, 11) is 0. The number of piperazine rings is 1. The minimum atomic E-state index is -0.311. The Morgan fingerprint density at radius 1 is 1.55 bits per heavy atom. The second kappa shape index (κ2) is 6.51. The van der Waals surface area contributed by atoms with Crippen LogP contribution in [0.3, 0.4) is 0 Å². The lowest BCUT2D eigenvalue weighted by atomic mass is 10.1. The third kappa shape index (κ3) is 3.11. The minimum absolute atomic E-state index is 0.134. The summed E-state index contributed by atoms with van der Waals surface area (Å²) in [6.45, 7) is 5.21. The quantitative estimate of drug-likeness (QED) is 0.793. The van der Waals surface area contributed by atoms with E-state index in [4.69, 9.17) is 29.6 Å². The van der Waals surface area contributed by atoms with E-state index in [2.05, 4.69) is 21.8 Å². The highest BCUT2D eigenvalue weighted by Gasteiger charge is 2.26. The lowest BCUT2D eigenvalue weighted by Crippen LogP contribution is -2.54. The van der Waals surface area contributed by atoms with Crippen LogP contribution in [0.4, 0.5) is 5.82 Å². The van der Waals surface area contributed by atoms with Gasteiger partial charge in [-0.1, -0.05) is 30.7 Å². The zero-order valence-electron chi connectivity index (χ0n) is 11.3. The summed E-state index contributed by atoms with van der Waals surface area (Å²) in [5.41, 5.74) is 5.45. The SMILES string of the molecule is CCC(C(N)=S)N1CCN(c2nc[nH]c(=O)c2Cl)CC1. The fraction of sp³-hybridized carbons (Fsp3) is 0.583. The van der Waals surface area contributed by atoms with Gasteiger partial charge in [0.15, 0.2) is 5.82 Å². The van der Waals surface area contributed by atoms with Crippen molar-refractivity contribution in [2.45, 2.75) is 19.4 Å². The van der Waals surface area contributed by atoms with E-state index in [-0.39, 0.29) is 16.6 Å². The highest BCUT2D eigenvalue weighted by molar-refractivity contribution is 7.80. The molecule has 1 saturated heterocycles. The third-order valence-electron chi connectivity index (χ3n) is 3.55. The van der Waals surface area contributed by atoms with Crippen LogP contribution in [0.5, 0.6) is 0 Å². The van der Waals surface area contributed by atoms with Crippen molar-refractivity contribution in [2.24, 2.45) is 5.73 Å². The molecule has 0 bridgehead atoms. The van der Waals surface area contributed by atoms with Gasteiger partial charge in [-0.2, -0.15) is 0 Å². The zero-order chi connectivity index (χ0) is 14.7. The molecular weight excluding hydrogens is 298 g/mol. The topological polar surface area (TPSA) is 78.2 Å². The monoisotopic (exact) mass is 315 g/mol. The standard InChI is InChI=1S/C12H18ClN5OS/c1-2-8(10(14)20)17-3-5-18(6-4-17)11-9(13)12(19)16-7-15-11/h7-8H,2-6H2,1H3,(H2,14,20)(H,15,16,19). The Hall–Kier alpha value is -1.18. The molecule has 3 N–H and O–H groups in total. The maximum Gasteiger partial charge on any atom is 0.271 e. The molecule has 6 nitrogen and oxygen atoms in total. The second-order valence-electron chi connectivity index (χ2n) is 4.72. The number of rotatable bonds is 4. The van der Waals surface area contributed by atoms with Gasteiger partial charge in [-0.15, -0.1) is 0 Å². The molecule has 1 unspecified atom stereocenters. The first-order chi connectivity index (χ1) is 9.54. The summed E-state index contributed by atoms with van der Waals surface area (Å²) in [6.07, 6.45) is 2.28. The van der Waals surface area contributed by atoms with Crippen molar-refractivity contribution in [1.29, 1.82) is 0 Å². The molecule has 2 heterocycles. The Kier molecular flexibility index (Phi) is 4.95. The average molecular weight is 316 g/mol. The number of aromatic amines is 1. The summed E-state index contributed by atoms with van der Waals surface area (Å²) < 4.78 is 0. The summed E-state index contributed by atoms with van der Waals surface area (Å²) in [4.78, 5) is 22.9. The van der Waals surface area contributed by atoms with Crippen molar-refractivity contribution >= 4 is 34.6 Å². The Labute approximate surface area is 127 Å². The molecule has 110 valence electrons. The van der Waals surface area contributed by atoms with E-state index < -0.39 is 0 Å². The number of nitrogens with zero attached hydrogens (tertiary/aromatic N) is 3. The lowest BCUT2D eigenvalue weighted by Gasteiger charge is -2.39. The van der Waals surface area contributed by atoms with E-state index >= 15 is 0 Å². The fourth-order valence-corrected chi connectivity index (χ4v) is 3.02. The van der Waals surface area contributed by atoms with Crippen LogP contribution in [0.15, 0.2) is 11.1 Å². The van der Waals surface area contributed by atoms with Gasteiger partial charge in [-0.05, 0) is 6.42 Å². The number of halogens is 1. The molecule has 1 aliphatic heterocycles. The van der Waals surface area contributed by atoms with Crippen molar-refractivity contribution in [3.63, 3.8) is 0 Å². The fourth-order valence-electron chi connectivity index (χ4n) is 2.48. The van der Waals surface area contributed by atoms with E-state index in [1.807, 2.05) is 4.90 Å². The van der Waals surface area contributed by atoms with Crippen LogP contribution in [-0.4, -0.2) is 52.1 Å². The highest BCUT2D eigenvalue weighted by atomic mass is 35.5. The third-order valence-corrected chi connectivity index (χ3v) is 4.16. The summed E-state index contributed by atoms with van der Waals surface area (Å²) in [5, 5.41) is 0.141. The number of thiocarbonyl (C=S) groups is 1. The van der Waals surface area contributed by atoms with Crippen molar-refractivity contribution in [1.82, 2.24) is 14.9 Å². The molecule has 8 heteroatoms. The first kappa shape index (κ1) is 15.2. The van der Waals surface area contributed by atoms with E-state index in [1.165, 1.54) is 6.33 Å². The normalized spacial score (nSPS) is 18.0. The van der Waals surface area contributed by atoms with Crippen molar-refractivity contribution in [3.8, 4) is 0 Å². The number of nitrogens with two attached hydrogens (primary N) is 1. The summed E-state index contributed by atoms with van der Waals surface area (Å²) >= 11 is 11.1. The molecule has 0 aromatic carbocycles. The van der Waals surface area contributed by atoms with Gasteiger partial charge in [0.25, 0.3) is 5.56 Å².